The molecule has 0 aliphatic rings. The summed E-state index contributed by atoms with van der Waals surface area (Å²) in [5, 5.41) is 0. The third-order valence-corrected chi connectivity index (χ3v) is 0. The molecule has 0 aliphatic heterocycles. The topological polar surface area (TPSA) is 80.3 Å². The molecule has 32 valence electrons. The van der Waals surface area contributed by atoms with Crippen molar-refractivity contribution in [1.29, 1.82) is 0 Å². The van der Waals surface area contributed by atoms with Gasteiger partial charge in [0.2, 0.25) is 0 Å². The smallest absolute Gasteiger partial charge is 0.759 e. The van der Waals surface area contributed by atoms with Crippen molar-refractivity contribution in [3.63, 3.8) is 0 Å². The van der Waals surface area contributed by atoms with Crippen molar-refractivity contribution in [1.82, 2.24) is 0 Å². The van der Waals surface area contributed by atoms with Gasteiger partial charge in [-0.3, -0.25) is 8.42 Å². The Labute approximate surface area is 69.0 Å². The van der Waals surface area contributed by atoms with Crippen LogP contribution in [0.25, 0.3) is 0 Å². The van der Waals surface area contributed by atoms with Crippen LogP contribution in [0.3, 0.4) is 0 Å². The van der Waals surface area contributed by atoms with Gasteiger partial charge in [0, 0.05) is 10.4 Å². The zero-order valence-corrected chi connectivity index (χ0v) is 7.94. The van der Waals surface area contributed by atoms with Crippen molar-refractivity contribution in [2.75, 3.05) is 0 Å². The molecule has 0 aromatic rings. The van der Waals surface area contributed by atoms with Gasteiger partial charge in [0.1, 0.15) is 0 Å². The molecule has 0 saturated carbocycles. The summed E-state index contributed by atoms with van der Waals surface area (Å²) in [6.45, 7) is 0. The molecule has 0 spiro atoms. The van der Waals surface area contributed by atoms with E-state index in [1.165, 1.54) is 0 Å². The minimum Gasteiger partial charge on any atom is -0.759 e. The van der Waals surface area contributed by atoms with Crippen LogP contribution in [0, 0.1) is 0 Å². The fourth-order valence-electron chi connectivity index (χ4n) is 0. The molecule has 0 heterocycles. The van der Waals surface area contributed by atoms with E-state index in [1.54, 1.807) is 0 Å². The van der Waals surface area contributed by atoms with Crippen molar-refractivity contribution in [2.24, 2.45) is 0 Å². The van der Waals surface area contributed by atoms with E-state index in [2.05, 4.69) is 0 Å². The van der Waals surface area contributed by atoms with Gasteiger partial charge < -0.3 is 9.11 Å². The Morgan fingerprint density at radius 2 is 1.14 bits per heavy atom. The SMILES string of the molecule is O=S(=O)([O-])[O-].[Al+3].[Sn+4]. The first-order chi connectivity index (χ1) is 2.00. The summed E-state index contributed by atoms with van der Waals surface area (Å²) in [6, 6.07) is 0. The molecule has 0 fully saturated rings. The first kappa shape index (κ1) is 15.7. The zero-order chi connectivity index (χ0) is 4.50. The Hall–Kier alpha value is 1.20. The predicted molar refractivity (Wildman–Crippen MR) is 22.0 cm³/mol. The van der Waals surface area contributed by atoms with E-state index in [0.717, 1.165) is 0 Å². The minimum absolute atomic E-state index is 0. The van der Waals surface area contributed by atoms with Gasteiger partial charge in [-0.25, -0.2) is 0 Å². The summed E-state index contributed by atoms with van der Waals surface area (Å²) in [6.07, 6.45) is 0. The third kappa shape index (κ3) is 135. The Balaban J connectivity index is -0.0000000800. The second-order valence-electron chi connectivity index (χ2n) is 0.408. The first-order valence-corrected chi connectivity index (χ1v) is 2.00. The molecule has 0 saturated heterocycles. The first-order valence-electron chi connectivity index (χ1n) is 0.667. The molecule has 7 heavy (non-hydrogen) atoms. The Bertz CT molecular complexity index is 94.9. The monoisotopic (exact) mass is 243 g/mol. The van der Waals surface area contributed by atoms with Crippen molar-refractivity contribution in [3.8, 4) is 0 Å². The van der Waals surface area contributed by atoms with Crippen LogP contribution >= 0.6 is 0 Å². The summed E-state index contributed by atoms with van der Waals surface area (Å²) in [5.74, 6) is 0. The standard InChI is InChI=1S/Al.H2O4S.Sn/c;1-5(2,3)4;/h;(H2,1,2,3,4);/q+3;;+4/p-2. The predicted octanol–water partition coefficient (Wildman–Crippen LogP) is -2.10. The zero-order valence-electron chi connectivity index (χ0n) is 3.12. The number of hydrogen-bond acceptors (Lipinski definition) is 4. The summed E-state index contributed by atoms with van der Waals surface area (Å²) < 4.78 is 34.1. The molecule has 4 nitrogen and oxygen atoms in total. The molecule has 0 atom stereocenters. The molecule has 0 radical (unpaired) electrons. The van der Waals surface area contributed by atoms with E-state index in [-0.39, 0.29) is 41.3 Å². The van der Waals surface area contributed by atoms with Gasteiger partial charge in [-0.1, -0.05) is 0 Å². The van der Waals surface area contributed by atoms with Crippen molar-refractivity contribution >= 4 is 51.7 Å². The molecule has 0 aromatic heterocycles. The second-order valence-corrected chi connectivity index (χ2v) is 1.22. The summed E-state index contributed by atoms with van der Waals surface area (Å²) in [5.41, 5.74) is 0. The second kappa shape index (κ2) is 5.34. The summed E-state index contributed by atoms with van der Waals surface area (Å²) in [7, 11) is -5.17. The van der Waals surface area contributed by atoms with Crippen LogP contribution in [0.1, 0.15) is 0 Å². The van der Waals surface area contributed by atoms with Crippen molar-refractivity contribution in [3.05, 3.63) is 0 Å². The van der Waals surface area contributed by atoms with E-state index in [4.69, 9.17) is 17.5 Å². The van der Waals surface area contributed by atoms with E-state index in [9.17, 15) is 0 Å². The van der Waals surface area contributed by atoms with Crippen LogP contribution in [-0.2, 0) is 10.4 Å². The van der Waals surface area contributed by atoms with Crippen molar-refractivity contribution in [2.45, 2.75) is 0 Å². The van der Waals surface area contributed by atoms with Crippen LogP contribution in [0.15, 0.2) is 0 Å². The average Bonchev–Trinajstić information content (AvgIpc) is 0.722. The van der Waals surface area contributed by atoms with Crippen LogP contribution in [0.4, 0.5) is 0 Å². The third-order valence-electron chi connectivity index (χ3n) is 0. The molecule has 0 aliphatic carbocycles. The average molecular weight is 242 g/mol. The maximum Gasteiger partial charge on any atom is 4.00 e. The molecule has 7 heteroatoms. The fourth-order valence-corrected chi connectivity index (χ4v) is 0. The van der Waals surface area contributed by atoms with Gasteiger partial charge in [0.15, 0.2) is 0 Å². The van der Waals surface area contributed by atoms with E-state index < -0.39 is 10.4 Å². The van der Waals surface area contributed by atoms with Gasteiger partial charge >= 0.3 is 41.3 Å². The van der Waals surface area contributed by atoms with Crippen LogP contribution in [0.2, 0.25) is 0 Å². The molecular formula is AlO4SSn+5. The van der Waals surface area contributed by atoms with Gasteiger partial charge in [-0.2, -0.15) is 0 Å². The molecule has 0 N–H and O–H groups in total. The molecular weight excluding hydrogens is 242 g/mol. The van der Waals surface area contributed by atoms with Crippen LogP contribution in [0.5, 0.6) is 0 Å². The molecule has 0 unspecified atom stereocenters. The maximum absolute atomic E-state index is 8.52. The van der Waals surface area contributed by atoms with Gasteiger partial charge in [-0.05, 0) is 0 Å². The molecule has 0 bridgehead atoms. The molecule has 0 rings (SSSR count). The maximum atomic E-state index is 8.52. The Kier molecular flexibility index (Phi) is 12.0. The minimum atomic E-state index is -5.17. The van der Waals surface area contributed by atoms with Crippen LogP contribution in [-0.4, -0.2) is 58.8 Å². The molecule has 0 amide bonds. The Morgan fingerprint density at radius 3 is 1.14 bits per heavy atom. The molecule has 0 aromatic carbocycles. The van der Waals surface area contributed by atoms with E-state index >= 15 is 0 Å². The van der Waals surface area contributed by atoms with E-state index in [1.807, 2.05) is 0 Å². The number of rotatable bonds is 0. The normalized spacial score (nSPS) is 8.29. The fraction of sp³-hybridized carbons (Fsp3) is 0. The number of hydrogen-bond donors (Lipinski definition) is 0. The summed E-state index contributed by atoms with van der Waals surface area (Å²) in [4.78, 5) is 0. The van der Waals surface area contributed by atoms with Gasteiger partial charge in [0.25, 0.3) is 0 Å². The largest absolute Gasteiger partial charge is 4.00 e. The van der Waals surface area contributed by atoms with Crippen LogP contribution < -0.4 is 0 Å². The van der Waals surface area contributed by atoms with Gasteiger partial charge in [-0.15, -0.1) is 0 Å². The van der Waals surface area contributed by atoms with Crippen molar-refractivity contribution < 1.29 is 17.5 Å². The van der Waals surface area contributed by atoms with E-state index in [0.29, 0.717) is 0 Å². The summed E-state index contributed by atoms with van der Waals surface area (Å²) >= 11 is 0. The quantitative estimate of drug-likeness (QED) is 0.277. The van der Waals surface area contributed by atoms with Gasteiger partial charge in [0.05, 0.1) is 0 Å². The Morgan fingerprint density at radius 1 is 1.14 bits per heavy atom.